The third kappa shape index (κ3) is 5.20. The van der Waals surface area contributed by atoms with Crippen molar-refractivity contribution in [2.45, 2.75) is 19.8 Å². The van der Waals surface area contributed by atoms with Crippen molar-refractivity contribution in [3.05, 3.63) is 42.1 Å². The van der Waals surface area contributed by atoms with Crippen LogP contribution in [0.4, 0.5) is 4.79 Å². The molecule has 3 heteroatoms. The highest BCUT2D eigenvalue weighted by atomic mass is 16.2. The van der Waals surface area contributed by atoms with Gasteiger partial charge in [-0.3, -0.25) is 0 Å². The van der Waals surface area contributed by atoms with Gasteiger partial charge in [-0.15, -0.1) is 0 Å². The first-order chi connectivity index (χ1) is 8.24. The average Bonchev–Trinajstić information content (AvgIpc) is 2.37. The lowest BCUT2D eigenvalue weighted by atomic mass is 10.2. The molecule has 1 aromatic carbocycles. The minimum absolute atomic E-state index is 0.0642. The molecule has 1 aromatic rings. The van der Waals surface area contributed by atoms with Crippen molar-refractivity contribution in [3.63, 3.8) is 0 Å². The summed E-state index contributed by atoms with van der Waals surface area (Å²) >= 11 is 0. The Hall–Kier alpha value is -1.77. The van der Waals surface area contributed by atoms with Crippen LogP contribution in [-0.4, -0.2) is 24.5 Å². The summed E-state index contributed by atoms with van der Waals surface area (Å²) in [6, 6.07) is 9.82. The Morgan fingerprint density at radius 3 is 2.71 bits per heavy atom. The van der Waals surface area contributed by atoms with E-state index in [0.29, 0.717) is 0 Å². The molecule has 0 heterocycles. The fraction of sp³-hybridized carbons (Fsp3) is 0.357. The molecule has 0 saturated carbocycles. The van der Waals surface area contributed by atoms with Gasteiger partial charge in [0.15, 0.2) is 0 Å². The molecule has 2 amide bonds. The molecule has 0 aromatic heterocycles. The van der Waals surface area contributed by atoms with Crippen LogP contribution in [0, 0.1) is 0 Å². The fourth-order valence-corrected chi connectivity index (χ4v) is 1.38. The van der Waals surface area contributed by atoms with Crippen LogP contribution in [0.5, 0.6) is 0 Å². The second kappa shape index (κ2) is 7.49. The van der Waals surface area contributed by atoms with Crippen LogP contribution in [0.3, 0.4) is 0 Å². The lowest BCUT2D eigenvalue weighted by molar-refractivity contribution is 0.212. The standard InChI is InChI=1S/C14H20N2O/c1-3-4-12-16(2)14(17)15-11-10-13-8-6-5-7-9-13/h5-11H,3-4,12H2,1-2H3,(H,15,17)/b11-10+. The Kier molecular flexibility index (Phi) is 5.86. The molecule has 1 N–H and O–H groups in total. The summed E-state index contributed by atoms with van der Waals surface area (Å²) in [5.41, 5.74) is 1.07. The predicted octanol–water partition coefficient (Wildman–Crippen LogP) is 3.10. The second-order valence-corrected chi connectivity index (χ2v) is 3.97. The Morgan fingerprint density at radius 2 is 2.06 bits per heavy atom. The van der Waals surface area contributed by atoms with Gasteiger partial charge in [0.25, 0.3) is 0 Å². The van der Waals surface area contributed by atoms with Crippen molar-refractivity contribution in [3.8, 4) is 0 Å². The third-order valence-corrected chi connectivity index (χ3v) is 2.48. The minimum Gasteiger partial charge on any atom is -0.328 e. The van der Waals surface area contributed by atoms with Crippen LogP contribution in [0.2, 0.25) is 0 Å². The van der Waals surface area contributed by atoms with E-state index in [-0.39, 0.29) is 6.03 Å². The van der Waals surface area contributed by atoms with E-state index in [1.807, 2.05) is 36.4 Å². The van der Waals surface area contributed by atoms with Gasteiger partial charge in [0.05, 0.1) is 0 Å². The predicted molar refractivity (Wildman–Crippen MR) is 71.5 cm³/mol. The van der Waals surface area contributed by atoms with Gasteiger partial charge < -0.3 is 10.2 Å². The number of nitrogens with one attached hydrogen (secondary N) is 1. The number of hydrogen-bond acceptors (Lipinski definition) is 1. The topological polar surface area (TPSA) is 32.3 Å². The van der Waals surface area contributed by atoms with Crippen molar-refractivity contribution < 1.29 is 4.79 Å². The van der Waals surface area contributed by atoms with E-state index in [9.17, 15) is 4.79 Å². The lowest BCUT2D eigenvalue weighted by Gasteiger charge is -2.15. The van der Waals surface area contributed by atoms with Crippen molar-refractivity contribution in [1.29, 1.82) is 0 Å². The molecule has 3 nitrogen and oxygen atoms in total. The number of urea groups is 1. The molecule has 0 saturated heterocycles. The maximum absolute atomic E-state index is 11.6. The van der Waals surface area contributed by atoms with Crippen LogP contribution in [-0.2, 0) is 0 Å². The SMILES string of the molecule is CCCCN(C)C(=O)N/C=C/c1ccccc1. The maximum Gasteiger partial charge on any atom is 0.321 e. The highest BCUT2D eigenvalue weighted by molar-refractivity contribution is 5.75. The number of benzene rings is 1. The van der Waals surface area contributed by atoms with Crippen LogP contribution < -0.4 is 5.32 Å². The molecule has 0 unspecified atom stereocenters. The molecular formula is C14H20N2O. The second-order valence-electron chi connectivity index (χ2n) is 3.97. The molecule has 0 bridgehead atoms. The summed E-state index contributed by atoms with van der Waals surface area (Å²) in [4.78, 5) is 13.3. The van der Waals surface area contributed by atoms with Crippen LogP contribution in [0.25, 0.3) is 6.08 Å². The number of carbonyl (C=O) groups excluding carboxylic acids is 1. The van der Waals surface area contributed by atoms with Crippen LogP contribution in [0.1, 0.15) is 25.3 Å². The smallest absolute Gasteiger partial charge is 0.321 e. The quantitative estimate of drug-likeness (QED) is 0.831. The van der Waals surface area contributed by atoms with Crippen molar-refractivity contribution >= 4 is 12.1 Å². The molecule has 0 spiro atoms. The Bertz CT molecular complexity index is 360. The van der Waals surface area contributed by atoms with Crippen LogP contribution >= 0.6 is 0 Å². The van der Waals surface area contributed by atoms with Crippen molar-refractivity contribution in [1.82, 2.24) is 10.2 Å². The van der Waals surface area contributed by atoms with Crippen molar-refractivity contribution in [2.24, 2.45) is 0 Å². The molecule has 17 heavy (non-hydrogen) atoms. The summed E-state index contributed by atoms with van der Waals surface area (Å²) in [5.74, 6) is 0. The van der Waals surface area contributed by atoms with E-state index in [1.165, 1.54) is 0 Å². The number of unbranched alkanes of at least 4 members (excludes halogenated alkanes) is 1. The minimum atomic E-state index is -0.0642. The Morgan fingerprint density at radius 1 is 1.35 bits per heavy atom. The molecule has 0 fully saturated rings. The Balaban J connectivity index is 2.35. The number of carbonyl (C=O) groups is 1. The molecule has 0 aliphatic rings. The highest BCUT2D eigenvalue weighted by Crippen LogP contribution is 2.00. The number of hydrogen-bond donors (Lipinski definition) is 1. The van der Waals surface area contributed by atoms with E-state index < -0.39 is 0 Å². The van der Waals surface area contributed by atoms with Gasteiger partial charge in [-0.1, -0.05) is 43.7 Å². The average molecular weight is 232 g/mol. The molecule has 0 radical (unpaired) electrons. The van der Waals surface area contributed by atoms with E-state index >= 15 is 0 Å². The van der Waals surface area contributed by atoms with Gasteiger partial charge in [0.2, 0.25) is 0 Å². The van der Waals surface area contributed by atoms with Gasteiger partial charge in [-0.05, 0) is 18.1 Å². The van der Waals surface area contributed by atoms with Gasteiger partial charge in [-0.2, -0.15) is 0 Å². The molecule has 0 aliphatic carbocycles. The van der Waals surface area contributed by atoms with Gasteiger partial charge in [0, 0.05) is 19.8 Å². The number of nitrogens with zero attached hydrogens (tertiary/aromatic N) is 1. The first-order valence-electron chi connectivity index (χ1n) is 5.97. The van der Waals surface area contributed by atoms with Crippen molar-refractivity contribution in [2.75, 3.05) is 13.6 Å². The summed E-state index contributed by atoms with van der Waals surface area (Å²) in [6.07, 6.45) is 5.69. The molecular weight excluding hydrogens is 212 g/mol. The number of amides is 2. The van der Waals surface area contributed by atoms with E-state index in [4.69, 9.17) is 0 Å². The van der Waals surface area contributed by atoms with Gasteiger partial charge >= 0.3 is 6.03 Å². The van der Waals surface area contributed by atoms with E-state index in [1.54, 1.807) is 18.1 Å². The zero-order chi connectivity index (χ0) is 12.5. The van der Waals surface area contributed by atoms with Gasteiger partial charge in [0.1, 0.15) is 0 Å². The van der Waals surface area contributed by atoms with Crippen LogP contribution in [0.15, 0.2) is 36.5 Å². The summed E-state index contributed by atoms with van der Waals surface area (Å²) in [6.45, 7) is 2.91. The summed E-state index contributed by atoms with van der Waals surface area (Å²) < 4.78 is 0. The zero-order valence-corrected chi connectivity index (χ0v) is 10.5. The Labute approximate surface area is 103 Å². The lowest BCUT2D eigenvalue weighted by Crippen LogP contribution is -2.34. The normalized spacial score (nSPS) is 10.5. The first-order valence-corrected chi connectivity index (χ1v) is 5.97. The third-order valence-electron chi connectivity index (χ3n) is 2.48. The fourth-order valence-electron chi connectivity index (χ4n) is 1.38. The summed E-state index contributed by atoms with van der Waals surface area (Å²) in [7, 11) is 1.81. The maximum atomic E-state index is 11.6. The highest BCUT2D eigenvalue weighted by Gasteiger charge is 2.04. The molecule has 1 rings (SSSR count). The van der Waals surface area contributed by atoms with E-state index in [0.717, 1.165) is 24.9 Å². The largest absolute Gasteiger partial charge is 0.328 e. The monoisotopic (exact) mass is 232 g/mol. The molecule has 0 aliphatic heterocycles. The molecule has 0 atom stereocenters. The van der Waals surface area contributed by atoms with Gasteiger partial charge in [-0.25, -0.2) is 4.79 Å². The van der Waals surface area contributed by atoms with E-state index in [2.05, 4.69) is 12.2 Å². The summed E-state index contributed by atoms with van der Waals surface area (Å²) in [5, 5.41) is 2.75. The zero-order valence-electron chi connectivity index (χ0n) is 10.5. The number of rotatable bonds is 5. The molecule has 92 valence electrons. The first kappa shape index (κ1) is 13.3.